The van der Waals surface area contributed by atoms with Crippen LogP contribution in [0.2, 0.25) is 0 Å². The minimum Gasteiger partial charge on any atom is -0.319 e. The Bertz CT molecular complexity index is 1180. The third kappa shape index (κ3) is 3.11. The van der Waals surface area contributed by atoms with Crippen LogP contribution in [0.3, 0.4) is 0 Å². The molecule has 134 valence electrons. The highest BCUT2D eigenvalue weighted by molar-refractivity contribution is 6.03. The van der Waals surface area contributed by atoms with Gasteiger partial charge < -0.3 is 5.32 Å². The molecule has 0 unspecified atom stereocenters. The molecule has 27 heavy (non-hydrogen) atoms. The SMILES string of the molecule is Cc1[nH]nc2ncc(NC(=O)c3ccn(-c4cccc([N+](=O)[O-])c4)n3)cc12. The fourth-order valence-corrected chi connectivity index (χ4v) is 2.62. The minimum absolute atomic E-state index is 0.0520. The molecule has 2 N–H and O–H groups in total. The van der Waals surface area contributed by atoms with Crippen LogP contribution in [0.4, 0.5) is 11.4 Å². The maximum atomic E-state index is 12.4. The van der Waals surface area contributed by atoms with E-state index in [1.165, 1.54) is 29.1 Å². The quantitative estimate of drug-likeness (QED) is 0.423. The molecule has 1 amide bonds. The van der Waals surface area contributed by atoms with E-state index in [1.54, 1.807) is 24.4 Å². The lowest BCUT2D eigenvalue weighted by Gasteiger charge is -2.03. The van der Waals surface area contributed by atoms with Gasteiger partial charge in [0.2, 0.25) is 0 Å². The van der Waals surface area contributed by atoms with Crippen LogP contribution in [0.5, 0.6) is 0 Å². The molecule has 4 rings (SSSR count). The van der Waals surface area contributed by atoms with Crippen LogP contribution in [0.25, 0.3) is 16.7 Å². The molecule has 0 saturated heterocycles. The van der Waals surface area contributed by atoms with Gasteiger partial charge in [-0.25, -0.2) is 9.67 Å². The van der Waals surface area contributed by atoms with Crippen LogP contribution in [0.1, 0.15) is 16.2 Å². The summed E-state index contributed by atoms with van der Waals surface area (Å²) in [6.45, 7) is 1.86. The van der Waals surface area contributed by atoms with Crippen molar-refractivity contribution in [3.63, 3.8) is 0 Å². The molecule has 0 aliphatic heterocycles. The Kier molecular flexibility index (Phi) is 3.84. The average molecular weight is 363 g/mol. The zero-order valence-corrected chi connectivity index (χ0v) is 14.1. The monoisotopic (exact) mass is 363 g/mol. The predicted molar refractivity (Wildman–Crippen MR) is 96.8 cm³/mol. The van der Waals surface area contributed by atoms with E-state index in [9.17, 15) is 14.9 Å². The molecule has 0 saturated carbocycles. The molecular formula is C17H13N7O3. The summed E-state index contributed by atoms with van der Waals surface area (Å²) in [6, 6.07) is 9.31. The Hall–Kier alpha value is -4.08. The van der Waals surface area contributed by atoms with E-state index in [2.05, 4.69) is 25.6 Å². The number of non-ortho nitro benzene ring substituents is 1. The summed E-state index contributed by atoms with van der Waals surface area (Å²) < 4.78 is 1.41. The summed E-state index contributed by atoms with van der Waals surface area (Å²) in [7, 11) is 0. The largest absolute Gasteiger partial charge is 0.319 e. The predicted octanol–water partition coefficient (Wildman–Crippen LogP) is 2.61. The van der Waals surface area contributed by atoms with Gasteiger partial charge >= 0.3 is 0 Å². The smallest absolute Gasteiger partial charge is 0.276 e. The van der Waals surface area contributed by atoms with Crippen molar-refractivity contribution in [3.05, 3.63) is 70.3 Å². The van der Waals surface area contributed by atoms with Crippen molar-refractivity contribution < 1.29 is 9.72 Å². The highest BCUT2D eigenvalue weighted by Gasteiger charge is 2.13. The average Bonchev–Trinajstić information content (AvgIpc) is 3.30. The van der Waals surface area contributed by atoms with Crippen LogP contribution in [-0.2, 0) is 0 Å². The molecule has 3 aromatic heterocycles. The van der Waals surface area contributed by atoms with Crippen molar-refractivity contribution in [1.82, 2.24) is 25.0 Å². The molecule has 10 heteroatoms. The summed E-state index contributed by atoms with van der Waals surface area (Å²) in [5.74, 6) is -0.415. The molecular weight excluding hydrogens is 350 g/mol. The Morgan fingerprint density at radius 2 is 2.15 bits per heavy atom. The lowest BCUT2D eigenvalue weighted by atomic mass is 10.2. The number of amides is 1. The number of H-pyrrole nitrogens is 1. The number of carbonyl (C=O) groups excluding carboxylic acids is 1. The second-order valence-electron chi connectivity index (χ2n) is 5.82. The number of aromatic nitrogens is 5. The van der Waals surface area contributed by atoms with Crippen molar-refractivity contribution in [2.75, 3.05) is 5.32 Å². The number of rotatable bonds is 4. The Morgan fingerprint density at radius 3 is 2.96 bits per heavy atom. The number of aryl methyl sites for hydroxylation is 1. The van der Waals surface area contributed by atoms with Gasteiger partial charge in [-0.05, 0) is 25.1 Å². The highest BCUT2D eigenvalue weighted by Crippen LogP contribution is 2.19. The van der Waals surface area contributed by atoms with Crippen molar-refractivity contribution in [1.29, 1.82) is 0 Å². The van der Waals surface area contributed by atoms with Gasteiger partial charge in [-0.3, -0.25) is 20.0 Å². The van der Waals surface area contributed by atoms with E-state index in [4.69, 9.17) is 0 Å². The van der Waals surface area contributed by atoms with Crippen LogP contribution in [0, 0.1) is 17.0 Å². The van der Waals surface area contributed by atoms with Crippen molar-refractivity contribution in [2.24, 2.45) is 0 Å². The van der Waals surface area contributed by atoms with E-state index in [-0.39, 0.29) is 11.4 Å². The summed E-state index contributed by atoms with van der Waals surface area (Å²) >= 11 is 0. The van der Waals surface area contributed by atoms with Gasteiger partial charge in [0.15, 0.2) is 11.3 Å². The maximum absolute atomic E-state index is 12.4. The molecule has 0 aliphatic rings. The zero-order chi connectivity index (χ0) is 19.0. The molecule has 0 spiro atoms. The Labute approximate surface area is 152 Å². The number of benzene rings is 1. The molecule has 3 heterocycles. The second kappa shape index (κ2) is 6.33. The second-order valence-corrected chi connectivity index (χ2v) is 5.82. The summed E-state index contributed by atoms with van der Waals surface area (Å²) in [5.41, 5.74) is 2.54. The van der Waals surface area contributed by atoms with Gasteiger partial charge in [0.1, 0.15) is 0 Å². The maximum Gasteiger partial charge on any atom is 0.276 e. The van der Waals surface area contributed by atoms with Crippen LogP contribution in [-0.4, -0.2) is 35.8 Å². The molecule has 0 fully saturated rings. The first-order valence-electron chi connectivity index (χ1n) is 7.94. The number of anilines is 1. The van der Waals surface area contributed by atoms with Crippen molar-refractivity contribution in [2.45, 2.75) is 6.92 Å². The molecule has 0 aliphatic carbocycles. The standard InChI is InChI=1S/C17H13N7O3/c1-10-14-7-11(9-18-16(14)21-20-10)19-17(25)15-5-6-23(22-15)12-3-2-4-13(8-12)24(26)27/h2-9H,1H3,(H,19,25)(H,18,20,21). The first-order valence-corrected chi connectivity index (χ1v) is 7.94. The Balaban J connectivity index is 1.57. The number of hydrogen-bond donors (Lipinski definition) is 2. The number of aromatic amines is 1. The third-order valence-electron chi connectivity index (χ3n) is 3.98. The Morgan fingerprint density at radius 1 is 1.30 bits per heavy atom. The van der Waals surface area contributed by atoms with Gasteiger partial charge in [0.25, 0.3) is 11.6 Å². The fraction of sp³-hybridized carbons (Fsp3) is 0.0588. The number of hydrogen-bond acceptors (Lipinski definition) is 6. The summed E-state index contributed by atoms with van der Waals surface area (Å²) in [5, 5.41) is 25.5. The first kappa shape index (κ1) is 16.4. The molecule has 1 aromatic carbocycles. The fourth-order valence-electron chi connectivity index (χ4n) is 2.62. The van der Waals surface area contributed by atoms with E-state index in [0.29, 0.717) is 17.0 Å². The summed E-state index contributed by atoms with van der Waals surface area (Å²) in [6.07, 6.45) is 3.08. The van der Waals surface area contributed by atoms with E-state index in [0.717, 1.165) is 11.1 Å². The number of fused-ring (bicyclic) bond motifs is 1. The van der Waals surface area contributed by atoms with E-state index < -0.39 is 10.8 Å². The number of nitro groups is 1. The molecule has 0 bridgehead atoms. The van der Waals surface area contributed by atoms with Crippen LogP contribution in [0.15, 0.2) is 48.8 Å². The number of carbonyl (C=O) groups is 1. The number of nitrogens with one attached hydrogen (secondary N) is 2. The third-order valence-corrected chi connectivity index (χ3v) is 3.98. The number of nitro benzene ring substituents is 1. The molecule has 4 aromatic rings. The van der Waals surface area contributed by atoms with E-state index >= 15 is 0 Å². The minimum atomic E-state index is -0.485. The first-order chi connectivity index (χ1) is 13.0. The van der Waals surface area contributed by atoms with Crippen LogP contribution >= 0.6 is 0 Å². The lowest BCUT2D eigenvalue weighted by Crippen LogP contribution is -2.13. The zero-order valence-electron chi connectivity index (χ0n) is 14.1. The topological polar surface area (TPSA) is 132 Å². The molecule has 10 nitrogen and oxygen atoms in total. The van der Waals surface area contributed by atoms with Crippen molar-refractivity contribution >= 4 is 28.3 Å². The van der Waals surface area contributed by atoms with Gasteiger partial charge in [-0.2, -0.15) is 10.2 Å². The molecule has 0 atom stereocenters. The van der Waals surface area contributed by atoms with E-state index in [1.807, 2.05) is 6.92 Å². The number of pyridine rings is 1. The lowest BCUT2D eigenvalue weighted by molar-refractivity contribution is -0.384. The summed E-state index contributed by atoms with van der Waals surface area (Å²) in [4.78, 5) is 27.0. The van der Waals surface area contributed by atoms with Gasteiger partial charge in [-0.15, -0.1) is 0 Å². The van der Waals surface area contributed by atoms with Crippen molar-refractivity contribution in [3.8, 4) is 5.69 Å². The van der Waals surface area contributed by atoms with Gasteiger partial charge in [-0.1, -0.05) is 6.07 Å². The number of nitrogens with zero attached hydrogens (tertiary/aromatic N) is 5. The van der Waals surface area contributed by atoms with Gasteiger partial charge in [0.05, 0.1) is 22.5 Å². The van der Waals surface area contributed by atoms with Crippen LogP contribution < -0.4 is 5.32 Å². The molecule has 0 radical (unpaired) electrons. The normalized spacial score (nSPS) is 10.9. The van der Waals surface area contributed by atoms with Gasteiger partial charge in [0, 0.05) is 29.4 Å². The highest BCUT2D eigenvalue weighted by atomic mass is 16.6.